The van der Waals surface area contributed by atoms with E-state index >= 15 is 0 Å². The number of nitrogens with zero attached hydrogens (tertiary/aromatic N) is 1. The topological polar surface area (TPSA) is 43.0 Å². The van der Waals surface area contributed by atoms with Crippen LogP contribution < -0.4 is 19.5 Å². The van der Waals surface area contributed by atoms with E-state index in [1.807, 2.05) is 19.2 Å². The van der Waals surface area contributed by atoms with E-state index in [4.69, 9.17) is 14.2 Å². The third-order valence-corrected chi connectivity index (χ3v) is 3.14. The highest BCUT2D eigenvalue weighted by Crippen LogP contribution is 2.38. The quantitative estimate of drug-likeness (QED) is 0.699. The lowest BCUT2D eigenvalue weighted by atomic mass is 10.1. The summed E-state index contributed by atoms with van der Waals surface area (Å²) in [5, 5.41) is 3.16. The van der Waals surface area contributed by atoms with E-state index in [2.05, 4.69) is 17.3 Å². The first-order chi connectivity index (χ1) is 9.65. The van der Waals surface area contributed by atoms with Crippen molar-refractivity contribution in [3.63, 3.8) is 0 Å². The van der Waals surface area contributed by atoms with Gasteiger partial charge in [0.2, 0.25) is 5.75 Å². The Morgan fingerprint density at radius 2 is 1.65 bits per heavy atom. The van der Waals surface area contributed by atoms with Crippen LogP contribution in [0.3, 0.4) is 0 Å². The summed E-state index contributed by atoms with van der Waals surface area (Å²) in [4.78, 5) is 2.28. The third kappa shape index (κ3) is 4.58. The smallest absolute Gasteiger partial charge is 0.203 e. The van der Waals surface area contributed by atoms with Gasteiger partial charge in [-0.05, 0) is 51.3 Å². The first-order valence-corrected chi connectivity index (χ1v) is 6.78. The monoisotopic (exact) mass is 282 g/mol. The Morgan fingerprint density at radius 1 is 1.05 bits per heavy atom. The van der Waals surface area contributed by atoms with Crippen LogP contribution in [-0.2, 0) is 6.54 Å². The molecule has 0 aliphatic rings. The van der Waals surface area contributed by atoms with Gasteiger partial charge in [0.15, 0.2) is 11.5 Å². The fraction of sp³-hybridized carbons (Fsp3) is 0.600. The molecule has 0 bridgehead atoms. The zero-order valence-corrected chi connectivity index (χ0v) is 13.2. The first kappa shape index (κ1) is 16.6. The SMILES string of the molecule is CNCCCN(C)Cc1cc(OC)c(OC)c(OC)c1. The standard InChI is InChI=1S/C15H26N2O3/c1-16-7-6-8-17(2)11-12-9-13(18-3)15(20-5)14(10-12)19-4/h9-10,16H,6-8,11H2,1-5H3. The molecule has 0 unspecified atom stereocenters. The Bertz CT molecular complexity index is 385. The number of rotatable bonds is 9. The van der Waals surface area contributed by atoms with Crippen molar-refractivity contribution in [2.45, 2.75) is 13.0 Å². The fourth-order valence-electron chi connectivity index (χ4n) is 2.14. The van der Waals surface area contributed by atoms with Crippen LogP contribution in [0.25, 0.3) is 0 Å². The Hall–Kier alpha value is -1.46. The number of hydrogen-bond acceptors (Lipinski definition) is 5. The minimum absolute atomic E-state index is 0.636. The molecule has 0 spiro atoms. The lowest BCUT2D eigenvalue weighted by Gasteiger charge is -2.19. The largest absolute Gasteiger partial charge is 0.493 e. The zero-order valence-electron chi connectivity index (χ0n) is 13.2. The normalized spacial score (nSPS) is 10.7. The van der Waals surface area contributed by atoms with Crippen LogP contribution in [0.15, 0.2) is 12.1 Å². The molecule has 0 fully saturated rings. The van der Waals surface area contributed by atoms with Gasteiger partial charge >= 0.3 is 0 Å². The molecular weight excluding hydrogens is 256 g/mol. The molecule has 0 aromatic heterocycles. The second-order valence-corrected chi connectivity index (χ2v) is 4.73. The van der Waals surface area contributed by atoms with Gasteiger partial charge in [-0.3, -0.25) is 0 Å². The summed E-state index contributed by atoms with van der Waals surface area (Å²) in [5.41, 5.74) is 1.14. The van der Waals surface area contributed by atoms with E-state index in [0.717, 1.165) is 31.6 Å². The van der Waals surface area contributed by atoms with Crippen molar-refractivity contribution in [2.24, 2.45) is 0 Å². The fourth-order valence-corrected chi connectivity index (χ4v) is 2.14. The Kier molecular flexibility index (Phi) is 7.18. The minimum atomic E-state index is 0.636. The summed E-state index contributed by atoms with van der Waals surface area (Å²) in [7, 11) is 8.97. The van der Waals surface area contributed by atoms with Crippen molar-refractivity contribution < 1.29 is 14.2 Å². The highest BCUT2D eigenvalue weighted by atomic mass is 16.5. The van der Waals surface area contributed by atoms with Gasteiger partial charge in [0.1, 0.15) is 0 Å². The maximum atomic E-state index is 5.37. The van der Waals surface area contributed by atoms with E-state index in [0.29, 0.717) is 17.2 Å². The molecule has 1 aromatic carbocycles. The molecule has 1 N–H and O–H groups in total. The number of ether oxygens (including phenoxy) is 3. The highest BCUT2D eigenvalue weighted by molar-refractivity contribution is 5.53. The summed E-state index contributed by atoms with van der Waals surface area (Å²) in [6.07, 6.45) is 1.12. The van der Waals surface area contributed by atoms with Gasteiger partial charge in [0.25, 0.3) is 0 Å². The zero-order chi connectivity index (χ0) is 15.0. The summed E-state index contributed by atoms with van der Waals surface area (Å²) >= 11 is 0. The van der Waals surface area contributed by atoms with Gasteiger partial charge in [0, 0.05) is 6.54 Å². The van der Waals surface area contributed by atoms with E-state index in [1.165, 1.54) is 0 Å². The molecule has 0 radical (unpaired) electrons. The summed E-state index contributed by atoms with van der Waals surface area (Å²) in [5.74, 6) is 2.03. The molecule has 0 aliphatic carbocycles. The van der Waals surface area contributed by atoms with Gasteiger partial charge in [-0.2, -0.15) is 0 Å². The molecule has 20 heavy (non-hydrogen) atoms. The number of methoxy groups -OCH3 is 3. The van der Waals surface area contributed by atoms with Gasteiger partial charge in [0.05, 0.1) is 21.3 Å². The molecule has 0 atom stereocenters. The van der Waals surface area contributed by atoms with E-state index in [-0.39, 0.29) is 0 Å². The third-order valence-electron chi connectivity index (χ3n) is 3.14. The maximum Gasteiger partial charge on any atom is 0.203 e. The molecule has 0 heterocycles. The summed E-state index contributed by atoms with van der Waals surface area (Å²) < 4.78 is 16.1. The van der Waals surface area contributed by atoms with Crippen molar-refractivity contribution >= 4 is 0 Å². The maximum absolute atomic E-state index is 5.37. The number of hydrogen-bond donors (Lipinski definition) is 1. The molecule has 0 saturated carbocycles. The predicted octanol–water partition coefficient (Wildman–Crippen LogP) is 1.75. The van der Waals surface area contributed by atoms with E-state index in [1.54, 1.807) is 21.3 Å². The van der Waals surface area contributed by atoms with Gasteiger partial charge in [-0.25, -0.2) is 0 Å². The average molecular weight is 282 g/mol. The van der Waals surface area contributed by atoms with E-state index in [9.17, 15) is 0 Å². The summed E-state index contributed by atoms with van der Waals surface area (Å²) in [6.45, 7) is 2.91. The van der Waals surface area contributed by atoms with Crippen LogP contribution in [0.1, 0.15) is 12.0 Å². The molecule has 1 aromatic rings. The van der Waals surface area contributed by atoms with E-state index < -0.39 is 0 Å². The molecule has 1 rings (SSSR count). The molecule has 114 valence electrons. The molecular formula is C15H26N2O3. The molecule has 0 amide bonds. The minimum Gasteiger partial charge on any atom is -0.493 e. The van der Waals surface area contributed by atoms with Crippen LogP contribution in [0.5, 0.6) is 17.2 Å². The highest BCUT2D eigenvalue weighted by Gasteiger charge is 2.13. The van der Waals surface area contributed by atoms with Gasteiger partial charge in [-0.1, -0.05) is 0 Å². The number of nitrogens with one attached hydrogen (secondary N) is 1. The molecule has 5 nitrogen and oxygen atoms in total. The predicted molar refractivity (Wildman–Crippen MR) is 81.0 cm³/mol. The van der Waals surface area contributed by atoms with Crippen molar-refractivity contribution in [1.29, 1.82) is 0 Å². The van der Waals surface area contributed by atoms with Crippen LogP contribution in [-0.4, -0.2) is 53.4 Å². The molecule has 0 aliphatic heterocycles. The van der Waals surface area contributed by atoms with Crippen LogP contribution in [0.2, 0.25) is 0 Å². The van der Waals surface area contributed by atoms with Crippen molar-refractivity contribution in [1.82, 2.24) is 10.2 Å². The average Bonchev–Trinajstić information content (AvgIpc) is 2.46. The van der Waals surface area contributed by atoms with Gasteiger partial charge in [-0.15, -0.1) is 0 Å². The van der Waals surface area contributed by atoms with Crippen LogP contribution >= 0.6 is 0 Å². The Balaban J connectivity index is 2.79. The molecule has 5 heteroatoms. The lowest BCUT2D eigenvalue weighted by molar-refractivity contribution is 0.310. The van der Waals surface area contributed by atoms with Crippen molar-refractivity contribution in [2.75, 3.05) is 48.5 Å². The Labute approximate surface area is 121 Å². The number of benzene rings is 1. The van der Waals surface area contributed by atoms with Crippen LogP contribution in [0, 0.1) is 0 Å². The second kappa shape index (κ2) is 8.66. The molecule has 0 saturated heterocycles. The summed E-state index contributed by atoms with van der Waals surface area (Å²) in [6, 6.07) is 3.99. The van der Waals surface area contributed by atoms with Gasteiger partial charge < -0.3 is 24.4 Å². The Morgan fingerprint density at radius 3 is 2.10 bits per heavy atom. The first-order valence-electron chi connectivity index (χ1n) is 6.78. The van der Waals surface area contributed by atoms with Crippen molar-refractivity contribution in [3.05, 3.63) is 17.7 Å². The van der Waals surface area contributed by atoms with Crippen LogP contribution in [0.4, 0.5) is 0 Å². The van der Waals surface area contributed by atoms with Crippen molar-refractivity contribution in [3.8, 4) is 17.2 Å². The second-order valence-electron chi connectivity index (χ2n) is 4.73. The lowest BCUT2D eigenvalue weighted by Crippen LogP contribution is -2.22.